The van der Waals surface area contributed by atoms with Crippen molar-refractivity contribution in [3.63, 3.8) is 0 Å². The quantitative estimate of drug-likeness (QED) is 0.285. The Morgan fingerprint density at radius 1 is 1.26 bits per heavy atom. The fourth-order valence-electron chi connectivity index (χ4n) is 3.85. The van der Waals surface area contributed by atoms with Crippen LogP contribution in [0, 0.1) is 11.8 Å². The Bertz CT molecular complexity index is 743. The molecule has 1 aliphatic heterocycles. The number of anilines is 1. The number of nitrogens with one attached hydrogen (secondary N) is 1. The molecular weight excluding hydrogens is 501 g/mol. The molecule has 172 valence electrons. The van der Waals surface area contributed by atoms with E-state index in [1.807, 2.05) is 24.5 Å². The molecule has 2 aromatic heterocycles. The predicted octanol–water partition coefficient (Wildman–Crippen LogP) is 4.68. The van der Waals surface area contributed by atoms with Crippen molar-refractivity contribution in [2.24, 2.45) is 16.8 Å². The van der Waals surface area contributed by atoms with Crippen molar-refractivity contribution in [3.05, 3.63) is 48.7 Å². The Morgan fingerprint density at radius 3 is 2.65 bits per heavy atom. The van der Waals surface area contributed by atoms with Crippen molar-refractivity contribution in [2.45, 2.75) is 39.5 Å². The van der Waals surface area contributed by atoms with Crippen LogP contribution < -0.4 is 10.2 Å². The van der Waals surface area contributed by atoms with E-state index < -0.39 is 0 Å². The minimum atomic E-state index is 0. The highest BCUT2D eigenvalue weighted by atomic mass is 127. The zero-order chi connectivity index (χ0) is 21.2. The molecule has 3 heterocycles. The van der Waals surface area contributed by atoms with E-state index in [4.69, 9.17) is 9.41 Å². The van der Waals surface area contributed by atoms with E-state index in [0.29, 0.717) is 5.92 Å². The molecule has 1 fully saturated rings. The second-order valence-corrected chi connectivity index (χ2v) is 8.66. The SMILES string of the molecule is CC(C)CN=C(NCCc1ccco1)N(C)CCC1CCN(c2ccncc2)CC1.I. The van der Waals surface area contributed by atoms with Gasteiger partial charge in [0.25, 0.3) is 0 Å². The van der Waals surface area contributed by atoms with Gasteiger partial charge in [0.05, 0.1) is 6.26 Å². The number of hydrogen-bond donors (Lipinski definition) is 1. The highest BCUT2D eigenvalue weighted by Gasteiger charge is 2.20. The molecule has 0 amide bonds. The van der Waals surface area contributed by atoms with Crippen LogP contribution in [0.25, 0.3) is 0 Å². The third kappa shape index (κ3) is 8.71. The molecule has 0 spiro atoms. The van der Waals surface area contributed by atoms with E-state index in [1.165, 1.54) is 24.9 Å². The van der Waals surface area contributed by atoms with Crippen molar-refractivity contribution in [1.82, 2.24) is 15.2 Å². The third-order valence-corrected chi connectivity index (χ3v) is 5.72. The lowest BCUT2D eigenvalue weighted by Gasteiger charge is -2.34. The number of guanidine groups is 1. The first-order valence-corrected chi connectivity index (χ1v) is 11.3. The van der Waals surface area contributed by atoms with Gasteiger partial charge in [0.1, 0.15) is 5.76 Å². The summed E-state index contributed by atoms with van der Waals surface area (Å²) in [4.78, 5) is 13.7. The normalized spacial score (nSPS) is 15.1. The van der Waals surface area contributed by atoms with Crippen LogP contribution in [0.1, 0.15) is 38.9 Å². The summed E-state index contributed by atoms with van der Waals surface area (Å²) in [5, 5.41) is 3.53. The van der Waals surface area contributed by atoms with Crippen molar-refractivity contribution in [2.75, 3.05) is 44.7 Å². The van der Waals surface area contributed by atoms with Crippen LogP contribution in [-0.4, -0.2) is 55.6 Å². The van der Waals surface area contributed by atoms with Crippen LogP contribution in [0.2, 0.25) is 0 Å². The summed E-state index contributed by atoms with van der Waals surface area (Å²) < 4.78 is 5.44. The second kappa shape index (κ2) is 13.6. The fourth-order valence-corrected chi connectivity index (χ4v) is 3.85. The molecule has 0 radical (unpaired) electrons. The van der Waals surface area contributed by atoms with Gasteiger partial charge in [-0.3, -0.25) is 9.98 Å². The predicted molar refractivity (Wildman–Crippen MR) is 139 cm³/mol. The van der Waals surface area contributed by atoms with E-state index in [-0.39, 0.29) is 24.0 Å². The number of halogens is 1. The van der Waals surface area contributed by atoms with E-state index >= 15 is 0 Å². The topological polar surface area (TPSA) is 56.9 Å². The van der Waals surface area contributed by atoms with Crippen LogP contribution in [0.4, 0.5) is 5.69 Å². The largest absolute Gasteiger partial charge is 0.469 e. The maximum atomic E-state index is 5.44. The van der Waals surface area contributed by atoms with Gasteiger partial charge in [-0.1, -0.05) is 13.8 Å². The molecule has 0 aromatic carbocycles. The number of hydrogen-bond acceptors (Lipinski definition) is 4. The van der Waals surface area contributed by atoms with Gasteiger partial charge in [0.2, 0.25) is 0 Å². The molecule has 7 heteroatoms. The third-order valence-electron chi connectivity index (χ3n) is 5.72. The zero-order valence-electron chi connectivity index (χ0n) is 19.2. The standard InChI is InChI=1S/C24H37N5O.HI/c1-20(2)19-27-24(26-14-8-23-5-4-18-30-23)28(3)15-9-21-10-16-29(17-11-21)22-6-12-25-13-7-22;/h4-7,12-13,18,20-21H,8-11,14-17,19H2,1-3H3,(H,26,27);1H. The number of aliphatic imine (C=N–C) groups is 1. The van der Waals surface area contributed by atoms with Crippen LogP contribution in [-0.2, 0) is 6.42 Å². The average molecular weight is 540 g/mol. The minimum absolute atomic E-state index is 0. The minimum Gasteiger partial charge on any atom is -0.469 e. The molecule has 1 N–H and O–H groups in total. The highest BCUT2D eigenvalue weighted by Crippen LogP contribution is 2.24. The van der Waals surface area contributed by atoms with Gasteiger partial charge in [0.15, 0.2) is 5.96 Å². The van der Waals surface area contributed by atoms with Crippen LogP contribution >= 0.6 is 24.0 Å². The number of piperidine rings is 1. The first-order valence-electron chi connectivity index (χ1n) is 11.3. The lowest BCUT2D eigenvalue weighted by Crippen LogP contribution is -2.42. The molecule has 0 aliphatic carbocycles. The van der Waals surface area contributed by atoms with Gasteiger partial charge in [-0.25, -0.2) is 0 Å². The summed E-state index contributed by atoms with van der Waals surface area (Å²) in [6, 6.07) is 8.18. The molecule has 1 aliphatic rings. The smallest absolute Gasteiger partial charge is 0.193 e. The Balaban J connectivity index is 0.00000341. The number of pyridine rings is 1. The number of rotatable bonds is 9. The lowest BCUT2D eigenvalue weighted by atomic mass is 9.93. The zero-order valence-corrected chi connectivity index (χ0v) is 21.5. The maximum Gasteiger partial charge on any atom is 0.193 e. The number of furan rings is 1. The molecular formula is C24H38IN5O. The first kappa shape index (κ1) is 25.5. The molecule has 0 saturated carbocycles. The number of aromatic nitrogens is 1. The Labute approximate surface area is 204 Å². The van der Waals surface area contributed by atoms with E-state index in [2.05, 4.69) is 53.1 Å². The lowest BCUT2D eigenvalue weighted by molar-refractivity contribution is 0.338. The fraction of sp³-hybridized carbons (Fsp3) is 0.583. The Hall–Kier alpha value is -1.77. The van der Waals surface area contributed by atoms with Gasteiger partial charge in [-0.2, -0.15) is 0 Å². The molecule has 0 atom stereocenters. The summed E-state index contributed by atoms with van der Waals surface area (Å²) >= 11 is 0. The van der Waals surface area contributed by atoms with Crippen molar-refractivity contribution < 1.29 is 4.42 Å². The second-order valence-electron chi connectivity index (χ2n) is 8.66. The van der Waals surface area contributed by atoms with E-state index in [0.717, 1.165) is 56.8 Å². The van der Waals surface area contributed by atoms with Gasteiger partial charge in [-0.15, -0.1) is 24.0 Å². The summed E-state index contributed by atoms with van der Waals surface area (Å²) in [7, 11) is 2.16. The molecule has 3 rings (SSSR count). The Kier molecular flexibility index (Phi) is 11.2. The van der Waals surface area contributed by atoms with Gasteiger partial charge in [-0.05, 0) is 55.4 Å². The van der Waals surface area contributed by atoms with E-state index in [9.17, 15) is 0 Å². The average Bonchev–Trinajstić information content (AvgIpc) is 3.29. The molecule has 2 aromatic rings. The Morgan fingerprint density at radius 2 is 2.00 bits per heavy atom. The van der Waals surface area contributed by atoms with Crippen LogP contribution in [0.5, 0.6) is 0 Å². The summed E-state index contributed by atoms with van der Waals surface area (Å²) in [6.07, 6.45) is 10.1. The van der Waals surface area contributed by atoms with Crippen molar-refractivity contribution in [1.29, 1.82) is 0 Å². The van der Waals surface area contributed by atoms with Gasteiger partial charge >= 0.3 is 0 Å². The van der Waals surface area contributed by atoms with Crippen molar-refractivity contribution in [3.8, 4) is 0 Å². The first-order chi connectivity index (χ1) is 14.6. The number of nitrogens with zero attached hydrogens (tertiary/aromatic N) is 4. The van der Waals surface area contributed by atoms with E-state index in [1.54, 1.807) is 6.26 Å². The van der Waals surface area contributed by atoms with Crippen molar-refractivity contribution >= 4 is 35.6 Å². The molecule has 6 nitrogen and oxygen atoms in total. The summed E-state index contributed by atoms with van der Waals surface area (Å²) in [6.45, 7) is 9.39. The molecule has 1 saturated heterocycles. The maximum absolute atomic E-state index is 5.44. The summed E-state index contributed by atoms with van der Waals surface area (Å²) in [5.74, 6) is 3.34. The monoisotopic (exact) mass is 539 g/mol. The van der Waals surface area contributed by atoms with Crippen LogP contribution in [0.15, 0.2) is 52.3 Å². The molecule has 0 bridgehead atoms. The van der Waals surface area contributed by atoms with Crippen LogP contribution in [0.3, 0.4) is 0 Å². The van der Waals surface area contributed by atoms with Gasteiger partial charge < -0.3 is 19.5 Å². The van der Waals surface area contributed by atoms with Gasteiger partial charge in [0, 0.05) is 64.3 Å². The summed E-state index contributed by atoms with van der Waals surface area (Å²) in [5.41, 5.74) is 1.30. The highest BCUT2D eigenvalue weighted by molar-refractivity contribution is 14.0. The molecule has 31 heavy (non-hydrogen) atoms. The molecule has 0 unspecified atom stereocenters.